The quantitative estimate of drug-likeness (QED) is 0.0261. The lowest BCUT2D eigenvalue weighted by Crippen LogP contribution is -2.30. The van der Waals surface area contributed by atoms with E-state index in [0.717, 1.165) is 103 Å². The van der Waals surface area contributed by atoms with Crippen molar-refractivity contribution >= 4 is 17.9 Å². The van der Waals surface area contributed by atoms with Crippen LogP contribution in [0.2, 0.25) is 0 Å². The van der Waals surface area contributed by atoms with Gasteiger partial charge in [0.1, 0.15) is 13.2 Å². The molecule has 0 aromatic carbocycles. The molecule has 446 valence electrons. The van der Waals surface area contributed by atoms with Crippen molar-refractivity contribution in [2.45, 2.75) is 316 Å². The van der Waals surface area contributed by atoms with E-state index < -0.39 is 12.1 Å². The van der Waals surface area contributed by atoms with Gasteiger partial charge in [0.2, 0.25) is 0 Å². The lowest BCUT2D eigenvalue weighted by Gasteiger charge is -2.18. The second-order valence-electron chi connectivity index (χ2n) is 21.6. The lowest BCUT2D eigenvalue weighted by atomic mass is 10.0. The van der Waals surface area contributed by atoms with E-state index in [-0.39, 0.29) is 31.6 Å². The molecule has 0 aliphatic rings. The molecule has 0 fully saturated rings. The summed E-state index contributed by atoms with van der Waals surface area (Å²) in [6.45, 7) is 6.46. The molecule has 0 aliphatic heterocycles. The smallest absolute Gasteiger partial charge is 0.306 e. The fourth-order valence-electron chi connectivity index (χ4n) is 9.08. The van der Waals surface area contributed by atoms with Crippen molar-refractivity contribution in [3.05, 3.63) is 109 Å². The number of unbranched alkanes of at least 4 members (excludes halogenated alkanes) is 30. The van der Waals surface area contributed by atoms with Gasteiger partial charge in [-0.3, -0.25) is 14.4 Å². The lowest BCUT2D eigenvalue weighted by molar-refractivity contribution is -0.166. The summed E-state index contributed by atoms with van der Waals surface area (Å²) in [6, 6.07) is 0. The summed E-state index contributed by atoms with van der Waals surface area (Å²) in [5.41, 5.74) is 0. The first-order chi connectivity index (χ1) is 38.5. The number of allylic oxidation sites excluding steroid dienone is 18. The second kappa shape index (κ2) is 65.6. The van der Waals surface area contributed by atoms with Crippen LogP contribution in [0, 0.1) is 0 Å². The van der Waals surface area contributed by atoms with E-state index >= 15 is 0 Å². The Bertz CT molecular complexity index is 1570. The minimum absolute atomic E-state index is 0.113. The number of carbonyl (C=O) groups is 3. The Kier molecular flexibility index (Phi) is 62.3. The molecule has 0 spiro atoms. The third-order valence-electron chi connectivity index (χ3n) is 14.0. The van der Waals surface area contributed by atoms with Crippen LogP contribution < -0.4 is 0 Å². The van der Waals surface area contributed by atoms with Crippen LogP contribution in [0.25, 0.3) is 0 Å². The van der Waals surface area contributed by atoms with E-state index in [0.29, 0.717) is 19.3 Å². The molecule has 0 radical (unpaired) electrons. The molecule has 6 nitrogen and oxygen atoms in total. The fourth-order valence-corrected chi connectivity index (χ4v) is 9.08. The maximum Gasteiger partial charge on any atom is 0.306 e. The third kappa shape index (κ3) is 62.9. The highest BCUT2D eigenvalue weighted by Gasteiger charge is 2.19. The van der Waals surface area contributed by atoms with Crippen molar-refractivity contribution < 1.29 is 28.6 Å². The van der Waals surface area contributed by atoms with Crippen LogP contribution >= 0.6 is 0 Å². The third-order valence-corrected chi connectivity index (χ3v) is 14.0. The Labute approximate surface area is 482 Å². The SMILES string of the molecule is CC/C=C\C/C=C\C/C=C\C/C=C\C/C=C\C/C=C\CCC(=O)OC(COC(=O)CCCCCCC/C=C\C/C=C\CCCCCC)COC(=O)CCCCCCCCCCCCCCC/C=C\CCCCCCCCCC. The average molecular weight is 1080 g/mol. The Balaban J connectivity index is 4.43. The molecule has 0 aromatic heterocycles. The van der Waals surface area contributed by atoms with Gasteiger partial charge < -0.3 is 14.2 Å². The molecule has 0 saturated carbocycles. The second-order valence-corrected chi connectivity index (χ2v) is 21.6. The molecule has 0 saturated heterocycles. The van der Waals surface area contributed by atoms with Gasteiger partial charge in [0.05, 0.1) is 0 Å². The van der Waals surface area contributed by atoms with Gasteiger partial charge in [-0.1, -0.05) is 284 Å². The monoisotopic (exact) mass is 1080 g/mol. The predicted octanol–water partition coefficient (Wildman–Crippen LogP) is 22.6. The molecule has 0 heterocycles. The van der Waals surface area contributed by atoms with Crippen molar-refractivity contribution in [3.63, 3.8) is 0 Å². The largest absolute Gasteiger partial charge is 0.462 e. The molecular formula is C72H122O6. The Morgan fingerprint density at radius 3 is 0.859 bits per heavy atom. The van der Waals surface area contributed by atoms with Crippen LogP contribution in [-0.2, 0) is 28.6 Å². The summed E-state index contributed by atoms with van der Waals surface area (Å²) in [6.07, 6.45) is 89.7. The zero-order valence-corrected chi connectivity index (χ0v) is 51.2. The maximum atomic E-state index is 12.9. The van der Waals surface area contributed by atoms with Crippen molar-refractivity contribution in [1.29, 1.82) is 0 Å². The normalized spacial score (nSPS) is 12.8. The summed E-state index contributed by atoms with van der Waals surface area (Å²) in [5, 5.41) is 0. The highest BCUT2D eigenvalue weighted by molar-refractivity contribution is 5.71. The van der Waals surface area contributed by atoms with Gasteiger partial charge >= 0.3 is 17.9 Å². The van der Waals surface area contributed by atoms with Crippen LogP contribution in [0.15, 0.2) is 109 Å². The van der Waals surface area contributed by atoms with E-state index in [4.69, 9.17) is 14.2 Å². The van der Waals surface area contributed by atoms with Crippen molar-refractivity contribution in [3.8, 4) is 0 Å². The minimum atomic E-state index is -0.827. The first-order valence-electron chi connectivity index (χ1n) is 32.9. The van der Waals surface area contributed by atoms with Gasteiger partial charge in [-0.05, 0) is 116 Å². The number of hydrogen-bond acceptors (Lipinski definition) is 6. The molecular weight excluding hydrogens is 961 g/mol. The summed E-state index contributed by atoms with van der Waals surface area (Å²) >= 11 is 0. The molecule has 0 aliphatic carbocycles. The van der Waals surface area contributed by atoms with Gasteiger partial charge in [0.25, 0.3) is 0 Å². The highest BCUT2D eigenvalue weighted by Crippen LogP contribution is 2.16. The standard InChI is InChI=1S/C72H122O6/c1-4-7-10-13-16-19-22-25-28-31-33-34-35-36-37-38-40-41-44-47-50-53-56-59-62-65-71(74)77-68-69(67-76-70(73)64-61-58-55-52-49-46-43-30-27-24-21-18-15-12-9-6-3)78-72(75)66-63-60-57-54-51-48-45-42-39-32-29-26-23-20-17-14-11-8-5-2/h8,11,17,20-21,24,26,29-31,33,39,42-43,48,51,57,60,69H,4-7,9-10,12-16,18-19,22-23,25,27-28,32,34-38,40-41,44-47,49-50,52-56,58-59,61-68H2,1-3H3/b11-8-,20-17-,24-21-,29-26-,33-31-,42-39-,43-30-,51-48-,60-57-. The van der Waals surface area contributed by atoms with E-state index in [9.17, 15) is 14.4 Å². The maximum absolute atomic E-state index is 12.9. The molecule has 1 unspecified atom stereocenters. The van der Waals surface area contributed by atoms with Gasteiger partial charge in [0.15, 0.2) is 6.10 Å². The Hall–Kier alpha value is -3.93. The van der Waals surface area contributed by atoms with E-state index in [1.54, 1.807) is 0 Å². The van der Waals surface area contributed by atoms with Gasteiger partial charge in [0, 0.05) is 19.3 Å². The minimum Gasteiger partial charge on any atom is -0.462 e. The van der Waals surface area contributed by atoms with Crippen molar-refractivity contribution in [2.75, 3.05) is 13.2 Å². The van der Waals surface area contributed by atoms with Gasteiger partial charge in [-0.15, -0.1) is 0 Å². The molecule has 1 atom stereocenters. The molecule has 0 bridgehead atoms. The van der Waals surface area contributed by atoms with Crippen molar-refractivity contribution in [2.24, 2.45) is 0 Å². The first-order valence-corrected chi connectivity index (χ1v) is 32.9. The zero-order chi connectivity index (χ0) is 56.4. The van der Waals surface area contributed by atoms with Crippen LogP contribution in [-0.4, -0.2) is 37.2 Å². The molecule has 78 heavy (non-hydrogen) atoms. The summed E-state index contributed by atoms with van der Waals surface area (Å²) in [7, 11) is 0. The number of carbonyl (C=O) groups excluding carboxylic acids is 3. The summed E-state index contributed by atoms with van der Waals surface area (Å²) < 4.78 is 16.9. The first kappa shape index (κ1) is 74.1. The van der Waals surface area contributed by atoms with Crippen LogP contribution in [0.3, 0.4) is 0 Å². The van der Waals surface area contributed by atoms with Gasteiger partial charge in [-0.2, -0.15) is 0 Å². The fraction of sp³-hybridized carbons (Fsp3) is 0.708. The Morgan fingerprint density at radius 1 is 0.269 bits per heavy atom. The highest BCUT2D eigenvalue weighted by atomic mass is 16.6. The number of ether oxygens (including phenoxy) is 3. The topological polar surface area (TPSA) is 78.9 Å². The number of hydrogen-bond donors (Lipinski definition) is 0. The van der Waals surface area contributed by atoms with Crippen LogP contribution in [0.1, 0.15) is 310 Å². The van der Waals surface area contributed by atoms with E-state index in [1.807, 2.05) is 6.08 Å². The zero-order valence-electron chi connectivity index (χ0n) is 51.2. The molecule has 0 N–H and O–H groups in total. The van der Waals surface area contributed by atoms with Crippen molar-refractivity contribution in [1.82, 2.24) is 0 Å². The summed E-state index contributed by atoms with van der Waals surface area (Å²) in [5.74, 6) is -1.00. The molecule has 6 heteroatoms. The summed E-state index contributed by atoms with van der Waals surface area (Å²) in [4.78, 5) is 38.3. The van der Waals surface area contributed by atoms with Crippen LogP contribution in [0.5, 0.6) is 0 Å². The molecule has 0 aromatic rings. The van der Waals surface area contributed by atoms with Gasteiger partial charge in [-0.25, -0.2) is 0 Å². The number of rotatable bonds is 59. The molecule has 0 rings (SSSR count). The van der Waals surface area contributed by atoms with E-state index in [1.165, 1.54) is 161 Å². The van der Waals surface area contributed by atoms with Crippen LogP contribution in [0.4, 0.5) is 0 Å². The van der Waals surface area contributed by atoms with E-state index in [2.05, 4.69) is 124 Å². The molecule has 0 amide bonds. The number of esters is 3. The Morgan fingerprint density at radius 2 is 0.526 bits per heavy atom. The predicted molar refractivity (Wildman–Crippen MR) is 339 cm³/mol. The average Bonchev–Trinajstić information content (AvgIpc) is 3.44.